The van der Waals surface area contributed by atoms with Crippen molar-refractivity contribution >= 4 is 34.1 Å². The molecule has 0 saturated heterocycles. The van der Waals surface area contributed by atoms with Crippen LogP contribution < -0.4 is 10.6 Å². The van der Waals surface area contributed by atoms with Crippen molar-refractivity contribution in [3.8, 4) is 0 Å². The van der Waals surface area contributed by atoms with Crippen molar-refractivity contribution in [2.24, 2.45) is 7.05 Å². The molecular weight excluding hydrogens is 364 g/mol. The number of anilines is 2. The Balaban J connectivity index is 1.51. The molecule has 0 unspecified atom stereocenters. The number of carbonyl (C=O) groups excluding carboxylic acids is 2. The van der Waals surface area contributed by atoms with Crippen molar-refractivity contribution in [1.82, 2.24) is 9.55 Å². The Morgan fingerprint density at radius 3 is 2.34 bits per heavy atom. The van der Waals surface area contributed by atoms with Gasteiger partial charge in [-0.3, -0.25) is 14.6 Å². The smallest absolute Gasteiger partial charge is 0.274 e. The molecule has 0 radical (unpaired) electrons. The van der Waals surface area contributed by atoms with Gasteiger partial charge in [0.1, 0.15) is 5.69 Å². The van der Waals surface area contributed by atoms with Crippen molar-refractivity contribution in [2.45, 2.75) is 6.42 Å². The van der Waals surface area contributed by atoms with Gasteiger partial charge in [0.25, 0.3) is 5.91 Å². The molecule has 0 spiro atoms. The van der Waals surface area contributed by atoms with Crippen molar-refractivity contribution in [1.29, 1.82) is 0 Å². The van der Waals surface area contributed by atoms with Crippen LogP contribution in [0.3, 0.4) is 0 Å². The molecule has 29 heavy (non-hydrogen) atoms. The maximum atomic E-state index is 12.7. The number of fused-ring (bicyclic) bond motifs is 1. The third kappa shape index (κ3) is 4.01. The number of pyridine rings is 1. The number of hydrogen-bond acceptors (Lipinski definition) is 3. The van der Waals surface area contributed by atoms with Crippen LogP contribution in [0, 0.1) is 0 Å². The quantitative estimate of drug-likeness (QED) is 0.546. The van der Waals surface area contributed by atoms with Crippen molar-refractivity contribution < 1.29 is 9.59 Å². The normalized spacial score (nSPS) is 10.7. The average Bonchev–Trinajstić information content (AvgIpc) is 3.05. The summed E-state index contributed by atoms with van der Waals surface area (Å²) >= 11 is 0. The summed E-state index contributed by atoms with van der Waals surface area (Å²) in [4.78, 5) is 29.2. The van der Waals surface area contributed by atoms with E-state index in [0.717, 1.165) is 16.5 Å². The highest BCUT2D eigenvalue weighted by atomic mass is 16.2. The number of aromatic nitrogens is 2. The molecule has 0 saturated carbocycles. The summed E-state index contributed by atoms with van der Waals surface area (Å²) in [6, 6.07) is 20.2. The number of nitrogens with one attached hydrogen (secondary N) is 2. The van der Waals surface area contributed by atoms with Gasteiger partial charge in [-0.15, -0.1) is 0 Å². The lowest BCUT2D eigenvalue weighted by Gasteiger charge is -2.12. The van der Waals surface area contributed by atoms with Crippen LogP contribution >= 0.6 is 0 Å². The monoisotopic (exact) mass is 384 g/mol. The van der Waals surface area contributed by atoms with E-state index in [-0.39, 0.29) is 18.2 Å². The second-order valence-corrected chi connectivity index (χ2v) is 6.72. The summed E-state index contributed by atoms with van der Waals surface area (Å²) < 4.78 is 2.01. The van der Waals surface area contributed by atoms with E-state index < -0.39 is 0 Å². The molecule has 2 aromatic heterocycles. The maximum Gasteiger partial charge on any atom is 0.274 e. The van der Waals surface area contributed by atoms with Gasteiger partial charge in [0, 0.05) is 30.3 Å². The predicted octanol–water partition coefficient (Wildman–Crippen LogP) is 4.01. The Kier molecular flexibility index (Phi) is 5.07. The first-order valence-corrected chi connectivity index (χ1v) is 9.26. The van der Waals surface area contributed by atoms with Crippen LogP contribution in [-0.4, -0.2) is 21.4 Å². The first kappa shape index (κ1) is 18.4. The van der Waals surface area contributed by atoms with E-state index in [0.29, 0.717) is 17.1 Å². The van der Waals surface area contributed by atoms with Crippen molar-refractivity contribution in [3.63, 3.8) is 0 Å². The number of rotatable bonds is 5. The summed E-state index contributed by atoms with van der Waals surface area (Å²) in [7, 11) is 1.96. The highest BCUT2D eigenvalue weighted by Gasteiger charge is 2.14. The number of aryl methyl sites for hydroxylation is 1. The summed E-state index contributed by atoms with van der Waals surface area (Å²) in [5, 5.41) is 6.77. The second kappa shape index (κ2) is 7.98. The molecule has 4 aromatic rings. The lowest BCUT2D eigenvalue weighted by atomic mass is 10.1. The van der Waals surface area contributed by atoms with Crippen molar-refractivity contribution in [2.75, 3.05) is 10.6 Å². The Labute approximate surface area is 168 Å². The molecule has 144 valence electrons. The molecule has 6 nitrogen and oxygen atoms in total. The molecule has 4 rings (SSSR count). The van der Waals surface area contributed by atoms with E-state index in [1.807, 2.05) is 48.1 Å². The van der Waals surface area contributed by atoms with Crippen LogP contribution in [0.1, 0.15) is 16.1 Å². The van der Waals surface area contributed by atoms with Crippen LogP contribution in [0.2, 0.25) is 0 Å². The standard InChI is InChI=1S/C23H20N4O2/c1-27-15-16(17-8-2-5-12-21(17)27)14-22(28)25-18-9-3-4-10-19(18)26-23(29)20-11-6-7-13-24-20/h2-13,15H,14H2,1H3,(H,25,28)(H,26,29). The summed E-state index contributed by atoms with van der Waals surface area (Å²) in [5.74, 6) is -0.484. The molecule has 0 fully saturated rings. The predicted molar refractivity (Wildman–Crippen MR) is 114 cm³/mol. The molecule has 2 N–H and O–H groups in total. The molecule has 0 atom stereocenters. The summed E-state index contributed by atoms with van der Waals surface area (Å²) in [6.45, 7) is 0. The zero-order valence-corrected chi connectivity index (χ0v) is 15.9. The number of carbonyl (C=O) groups is 2. The fourth-order valence-electron chi connectivity index (χ4n) is 3.32. The lowest BCUT2D eigenvalue weighted by molar-refractivity contribution is -0.115. The summed E-state index contributed by atoms with van der Waals surface area (Å²) in [6.07, 6.45) is 3.77. The molecule has 0 bridgehead atoms. The molecule has 2 heterocycles. The van der Waals surface area contributed by atoms with Crippen LogP contribution in [-0.2, 0) is 18.3 Å². The van der Waals surface area contributed by atoms with E-state index in [2.05, 4.69) is 15.6 Å². The fraction of sp³-hybridized carbons (Fsp3) is 0.0870. The first-order valence-electron chi connectivity index (χ1n) is 9.26. The Hall–Kier alpha value is -3.93. The van der Waals surface area contributed by atoms with Gasteiger partial charge in [0.2, 0.25) is 5.91 Å². The van der Waals surface area contributed by atoms with E-state index in [1.54, 1.807) is 42.6 Å². The third-order valence-electron chi connectivity index (χ3n) is 4.68. The molecule has 0 aliphatic carbocycles. The fourth-order valence-corrected chi connectivity index (χ4v) is 3.32. The highest BCUT2D eigenvalue weighted by molar-refractivity contribution is 6.06. The third-order valence-corrected chi connectivity index (χ3v) is 4.68. The van der Waals surface area contributed by atoms with Gasteiger partial charge in [0.05, 0.1) is 17.8 Å². The number of para-hydroxylation sites is 3. The van der Waals surface area contributed by atoms with Gasteiger partial charge in [-0.05, 0) is 35.9 Å². The van der Waals surface area contributed by atoms with Crippen LogP contribution in [0.25, 0.3) is 10.9 Å². The van der Waals surface area contributed by atoms with Gasteiger partial charge in [0.15, 0.2) is 0 Å². The van der Waals surface area contributed by atoms with Crippen LogP contribution in [0.15, 0.2) is 79.1 Å². The largest absolute Gasteiger partial charge is 0.350 e. The summed E-state index contributed by atoms with van der Waals surface area (Å²) in [5.41, 5.74) is 3.41. The minimum atomic E-state index is -0.332. The van der Waals surface area contributed by atoms with E-state index in [9.17, 15) is 9.59 Å². The first-order chi connectivity index (χ1) is 14.1. The number of nitrogens with zero attached hydrogens (tertiary/aromatic N) is 2. The molecule has 0 aliphatic rings. The zero-order valence-electron chi connectivity index (χ0n) is 15.9. The molecule has 6 heteroatoms. The maximum absolute atomic E-state index is 12.7. The second-order valence-electron chi connectivity index (χ2n) is 6.72. The topological polar surface area (TPSA) is 76.0 Å². The van der Waals surface area contributed by atoms with E-state index >= 15 is 0 Å². The van der Waals surface area contributed by atoms with Gasteiger partial charge in [-0.25, -0.2) is 0 Å². The van der Waals surface area contributed by atoms with E-state index in [1.165, 1.54) is 0 Å². The molecular formula is C23H20N4O2. The average molecular weight is 384 g/mol. The van der Waals surface area contributed by atoms with E-state index in [4.69, 9.17) is 0 Å². The SMILES string of the molecule is Cn1cc(CC(=O)Nc2ccccc2NC(=O)c2ccccn2)c2ccccc21. The molecule has 2 amide bonds. The van der Waals surface area contributed by atoms with Gasteiger partial charge in [-0.1, -0.05) is 36.4 Å². The minimum absolute atomic E-state index is 0.152. The van der Waals surface area contributed by atoms with Gasteiger partial charge >= 0.3 is 0 Å². The molecule has 2 aromatic carbocycles. The Morgan fingerprint density at radius 2 is 1.59 bits per heavy atom. The van der Waals surface area contributed by atoms with Crippen molar-refractivity contribution in [3.05, 3.63) is 90.4 Å². The lowest BCUT2D eigenvalue weighted by Crippen LogP contribution is -2.18. The van der Waals surface area contributed by atoms with Gasteiger partial charge in [-0.2, -0.15) is 0 Å². The van der Waals surface area contributed by atoms with Gasteiger partial charge < -0.3 is 15.2 Å². The zero-order chi connectivity index (χ0) is 20.2. The Morgan fingerprint density at radius 1 is 0.897 bits per heavy atom. The Bertz CT molecular complexity index is 1180. The number of benzene rings is 2. The van der Waals surface area contributed by atoms with Crippen LogP contribution in [0.5, 0.6) is 0 Å². The number of amides is 2. The number of hydrogen-bond donors (Lipinski definition) is 2. The molecule has 0 aliphatic heterocycles. The van der Waals surface area contributed by atoms with Crippen LogP contribution in [0.4, 0.5) is 11.4 Å². The minimum Gasteiger partial charge on any atom is -0.350 e. The highest BCUT2D eigenvalue weighted by Crippen LogP contribution is 2.24.